The number of halogens is 2. The minimum absolute atomic E-state index is 0.0102. The summed E-state index contributed by atoms with van der Waals surface area (Å²) in [6, 6.07) is 0.104. The van der Waals surface area contributed by atoms with E-state index >= 15 is 0 Å². The van der Waals surface area contributed by atoms with E-state index in [1.165, 1.54) is 0 Å². The van der Waals surface area contributed by atoms with Crippen molar-refractivity contribution < 1.29 is 9.84 Å². The van der Waals surface area contributed by atoms with Crippen molar-refractivity contribution in [1.82, 2.24) is 0 Å². The summed E-state index contributed by atoms with van der Waals surface area (Å²) in [5.74, 6) is 0.328. The maximum Gasteiger partial charge on any atom is 0.131 e. The molecule has 4 aliphatic rings. The zero-order chi connectivity index (χ0) is 16.2. The molecule has 3 N–H and O–H groups in total. The van der Waals surface area contributed by atoms with Crippen LogP contribution in [0.2, 0.25) is 0 Å². The lowest BCUT2D eigenvalue weighted by Gasteiger charge is -2.47. The van der Waals surface area contributed by atoms with Crippen LogP contribution >= 0.6 is 23.2 Å². The molecule has 0 saturated heterocycles. The molecule has 0 spiro atoms. The van der Waals surface area contributed by atoms with Crippen molar-refractivity contribution in [3.8, 4) is 0 Å². The highest BCUT2D eigenvalue weighted by molar-refractivity contribution is 6.21. The van der Waals surface area contributed by atoms with Gasteiger partial charge in [-0.15, -0.1) is 23.2 Å². The first-order valence-electron chi connectivity index (χ1n) is 8.98. The lowest BCUT2D eigenvalue weighted by Crippen LogP contribution is -2.60. The van der Waals surface area contributed by atoms with Crippen LogP contribution in [-0.2, 0) is 4.74 Å². The first-order valence-corrected chi connectivity index (χ1v) is 9.85. The number of hydrogen-bond acceptors (Lipinski definition) is 4. The molecule has 4 rings (SSSR count). The summed E-state index contributed by atoms with van der Waals surface area (Å²) in [5.41, 5.74) is 5.16. The summed E-state index contributed by atoms with van der Waals surface area (Å²) in [5, 5.41) is 11.8. The summed E-state index contributed by atoms with van der Waals surface area (Å²) in [6.07, 6.45) is 7.85. The van der Waals surface area contributed by atoms with Gasteiger partial charge < -0.3 is 15.6 Å². The second kappa shape index (κ2) is 6.05. The molecule has 7 atom stereocenters. The molecule has 6 heteroatoms. The number of aliphatic imine (C=N–C) groups is 1. The molecule has 0 radical (unpaired) electrons. The number of nitrogens with zero attached hydrogens (tertiary/aromatic N) is 1. The number of alkyl halides is 2. The SMILES string of the molecule is NC1=NC2CCC(Cl)CC2C1(O)C1CC(Cl)CCC1OC1CC1. The van der Waals surface area contributed by atoms with Crippen molar-refractivity contribution in [3.05, 3.63) is 0 Å². The Morgan fingerprint density at radius 1 is 1.00 bits per heavy atom. The molecule has 1 aliphatic heterocycles. The van der Waals surface area contributed by atoms with Crippen molar-refractivity contribution in [1.29, 1.82) is 0 Å². The molecule has 7 unspecified atom stereocenters. The summed E-state index contributed by atoms with van der Waals surface area (Å²) >= 11 is 12.8. The maximum absolute atomic E-state index is 11.7. The Balaban J connectivity index is 1.62. The van der Waals surface area contributed by atoms with Gasteiger partial charge in [0, 0.05) is 22.6 Å². The number of nitrogens with two attached hydrogens (primary N) is 1. The number of aliphatic hydroxyl groups is 1. The zero-order valence-corrected chi connectivity index (χ0v) is 14.8. The third kappa shape index (κ3) is 2.90. The van der Waals surface area contributed by atoms with Gasteiger partial charge in [-0.1, -0.05) is 0 Å². The number of hydrogen-bond donors (Lipinski definition) is 2. The summed E-state index contributed by atoms with van der Waals surface area (Å²) in [4.78, 5) is 4.61. The van der Waals surface area contributed by atoms with Crippen LogP contribution in [0.25, 0.3) is 0 Å². The molecule has 0 amide bonds. The van der Waals surface area contributed by atoms with E-state index in [4.69, 9.17) is 33.7 Å². The molecule has 0 aromatic rings. The van der Waals surface area contributed by atoms with Crippen molar-refractivity contribution in [3.63, 3.8) is 0 Å². The Labute approximate surface area is 147 Å². The monoisotopic (exact) mass is 360 g/mol. The first kappa shape index (κ1) is 16.4. The number of amidine groups is 1. The van der Waals surface area contributed by atoms with Gasteiger partial charge in [0.15, 0.2) is 0 Å². The van der Waals surface area contributed by atoms with E-state index < -0.39 is 5.60 Å². The van der Waals surface area contributed by atoms with Gasteiger partial charge in [-0.2, -0.15) is 0 Å². The quantitative estimate of drug-likeness (QED) is 0.760. The second-order valence-corrected chi connectivity index (χ2v) is 9.05. The Morgan fingerprint density at radius 2 is 1.65 bits per heavy atom. The maximum atomic E-state index is 11.7. The second-order valence-electron chi connectivity index (χ2n) is 7.81. The van der Waals surface area contributed by atoms with Crippen LogP contribution in [0.1, 0.15) is 51.4 Å². The summed E-state index contributed by atoms with van der Waals surface area (Å²) in [6.45, 7) is 0. The van der Waals surface area contributed by atoms with Crippen molar-refractivity contribution in [2.24, 2.45) is 22.6 Å². The average Bonchev–Trinajstić information content (AvgIpc) is 3.29. The summed E-state index contributed by atoms with van der Waals surface area (Å²) < 4.78 is 6.23. The van der Waals surface area contributed by atoms with E-state index in [0.29, 0.717) is 11.9 Å². The van der Waals surface area contributed by atoms with Gasteiger partial charge in [0.1, 0.15) is 11.4 Å². The smallest absolute Gasteiger partial charge is 0.131 e. The molecule has 3 saturated carbocycles. The van der Waals surface area contributed by atoms with Crippen LogP contribution < -0.4 is 5.73 Å². The van der Waals surface area contributed by atoms with E-state index in [-0.39, 0.29) is 34.7 Å². The molecule has 23 heavy (non-hydrogen) atoms. The van der Waals surface area contributed by atoms with E-state index in [2.05, 4.69) is 4.99 Å². The van der Waals surface area contributed by atoms with E-state index in [1.807, 2.05) is 0 Å². The lowest BCUT2D eigenvalue weighted by molar-refractivity contribution is -0.109. The Morgan fingerprint density at radius 3 is 2.35 bits per heavy atom. The highest BCUT2D eigenvalue weighted by atomic mass is 35.5. The highest BCUT2D eigenvalue weighted by Crippen LogP contribution is 2.50. The van der Waals surface area contributed by atoms with Crippen LogP contribution in [0, 0.1) is 11.8 Å². The highest BCUT2D eigenvalue weighted by Gasteiger charge is 2.59. The molecule has 1 heterocycles. The third-order valence-electron chi connectivity index (χ3n) is 6.21. The minimum atomic E-state index is -1.11. The predicted octanol–water partition coefficient (Wildman–Crippen LogP) is 2.82. The Kier molecular flexibility index (Phi) is 4.32. The molecular weight excluding hydrogens is 335 g/mol. The number of fused-ring (bicyclic) bond motifs is 1. The van der Waals surface area contributed by atoms with Gasteiger partial charge in [0.2, 0.25) is 0 Å². The van der Waals surface area contributed by atoms with Gasteiger partial charge >= 0.3 is 0 Å². The molecule has 4 nitrogen and oxygen atoms in total. The molecular formula is C17H26Cl2N2O2. The fourth-order valence-electron chi connectivity index (χ4n) is 4.84. The number of ether oxygens (including phenoxy) is 1. The third-order valence-corrected chi connectivity index (χ3v) is 7.00. The van der Waals surface area contributed by atoms with Crippen LogP contribution in [0.15, 0.2) is 4.99 Å². The Bertz CT molecular complexity index is 499. The largest absolute Gasteiger partial charge is 0.385 e. The average molecular weight is 361 g/mol. The fourth-order valence-corrected chi connectivity index (χ4v) is 5.47. The van der Waals surface area contributed by atoms with E-state index in [0.717, 1.165) is 51.4 Å². The normalized spacial score (nSPS) is 50.5. The van der Waals surface area contributed by atoms with Gasteiger partial charge in [-0.3, -0.25) is 4.99 Å². The van der Waals surface area contributed by atoms with Gasteiger partial charge in [0.25, 0.3) is 0 Å². The molecule has 130 valence electrons. The minimum Gasteiger partial charge on any atom is -0.385 e. The molecule has 3 aliphatic carbocycles. The Hall–Kier alpha value is -0.0300. The fraction of sp³-hybridized carbons (Fsp3) is 0.941. The van der Waals surface area contributed by atoms with Crippen molar-refractivity contribution in [2.45, 2.75) is 86.0 Å². The lowest BCUT2D eigenvalue weighted by atomic mass is 9.65. The van der Waals surface area contributed by atoms with Crippen LogP contribution in [-0.4, -0.2) is 45.5 Å². The van der Waals surface area contributed by atoms with E-state index in [9.17, 15) is 5.11 Å². The van der Waals surface area contributed by atoms with Crippen molar-refractivity contribution >= 4 is 29.0 Å². The standard InChI is InChI=1S/C17H26Cl2N2O2/c18-9-1-5-14-12(7-9)17(22,16(20)21-14)13-8-10(19)2-6-15(13)23-11-3-4-11/h9-15,22H,1-8H2,(H2,20,21). The van der Waals surface area contributed by atoms with E-state index in [1.54, 1.807) is 0 Å². The molecule has 0 aromatic heterocycles. The van der Waals surface area contributed by atoms with Gasteiger partial charge in [-0.25, -0.2) is 0 Å². The summed E-state index contributed by atoms with van der Waals surface area (Å²) in [7, 11) is 0. The first-order chi connectivity index (χ1) is 11.0. The van der Waals surface area contributed by atoms with Crippen molar-refractivity contribution in [2.75, 3.05) is 0 Å². The topological polar surface area (TPSA) is 67.8 Å². The molecule has 3 fully saturated rings. The zero-order valence-electron chi connectivity index (χ0n) is 13.3. The predicted molar refractivity (Wildman–Crippen MR) is 92.2 cm³/mol. The van der Waals surface area contributed by atoms with Gasteiger partial charge in [0.05, 0.1) is 18.2 Å². The van der Waals surface area contributed by atoms with Crippen LogP contribution in [0.5, 0.6) is 0 Å². The van der Waals surface area contributed by atoms with Gasteiger partial charge in [-0.05, 0) is 51.4 Å². The van der Waals surface area contributed by atoms with Crippen LogP contribution in [0.3, 0.4) is 0 Å². The number of rotatable bonds is 3. The van der Waals surface area contributed by atoms with Crippen LogP contribution in [0.4, 0.5) is 0 Å². The molecule has 0 aromatic carbocycles. The molecule has 0 bridgehead atoms.